The highest BCUT2D eigenvalue weighted by molar-refractivity contribution is 5.43. The van der Waals surface area contributed by atoms with Crippen LogP contribution in [0.4, 0.5) is 0 Å². The number of rotatable bonds is 7. The summed E-state index contributed by atoms with van der Waals surface area (Å²) in [5.74, 6) is 1.66. The van der Waals surface area contributed by atoms with Crippen molar-refractivity contribution in [2.24, 2.45) is 0 Å². The Morgan fingerprint density at radius 3 is 2.62 bits per heavy atom. The molecule has 21 heavy (non-hydrogen) atoms. The zero-order chi connectivity index (χ0) is 15.2. The Balaban J connectivity index is 2.52. The van der Waals surface area contributed by atoms with Gasteiger partial charge in [0, 0.05) is 12.1 Å². The van der Waals surface area contributed by atoms with E-state index in [-0.39, 0.29) is 6.04 Å². The average Bonchev–Trinajstić information content (AvgIpc) is 2.93. The van der Waals surface area contributed by atoms with Crippen LogP contribution in [0.15, 0.2) is 30.5 Å². The van der Waals surface area contributed by atoms with Gasteiger partial charge in [-0.1, -0.05) is 18.2 Å². The molecule has 0 amide bonds. The normalized spacial score (nSPS) is 12.2. The number of para-hydroxylation sites is 1. The molecule has 0 aliphatic carbocycles. The fourth-order valence-corrected chi connectivity index (χ4v) is 2.52. The van der Waals surface area contributed by atoms with Crippen LogP contribution in [-0.4, -0.2) is 30.5 Å². The first kappa shape index (κ1) is 15.4. The molecule has 0 aliphatic heterocycles. The first-order valence-electron chi connectivity index (χ1n) is 7.25. The summed E-state index contributed by atoms with van der Waals surface area (Å²) < 4.78 is 13.2. The lowest BCUT2D eigenvalue weighted by Gasteiger charge is -2.21. The minimum atomic E-state index is -0.0369. The maximum absolute atomic E-state index is 5.75. The number of benzene rings is 1. The monoisotopic (exact) mass is 289 g/mol. The third-order valence-corrected chi connectivity index (χ3v) is 3.46. The van der Waals surface area contributed by atoms with Gasteiger partial charge in [0.05, 0.1) is 26.0 Å². The number of hydrogen-bond acceptors (Lipinski definition) is 4. The minimum absolute atomic E-state index is 0.0369. The van der Waals surface area contributed by atoms with Crippen LogP contribution in [0.2, 0.25) is 0 Å². The third-order valence-electron chi connectivity index (χ3n) is 3.46. The third kappa shape index (κ3) is 3.03. The number of hydrogen-bond donors (Lipinski definition) is 1. The average molecular weight is 289 g/mol. The Morgan fingerprint density at radius 2 is 2.00 bits per heavy atom. The molecule has 5 heteroatoms. The van der Waals surface area contributed by atoms with Gasteiger partial charge in [-0.3, -0.25) is 4.68 Å². The first-order chi connectivity index (χ1) is 10.3. The fourth-order valence-electron chi connectivity index (χ4n) is 2.52. The Hall–Kier alpha value is -2.01. The molecular weight excluding hydrogens is 266 g/mol. The van der Waals surface area contributed by atoms with Crippen molar-refractivity contribution in [2.75, 3.05) is 20.8 Å². The summed E-state index contributed by atoms with van der Waals surface area (Å²) in [5.41, 5.74) is 2.09. The highest BCUT2D eigenvalue weighted by Gasteiger charge is 2.24. The smallest absolute Gasteiger partial charge is 0.161 e. The van der Waals surface area contributed by atoms with Crippen molar-refractivity contribution in [1.82, 2.24) is 15.1 Å². The molecule has 1 aromatic carbocycles. The molecule has 0 aliphatic rings. The molecule has 1 heterocycles. The highest BCUT2D eigenvalue weighted by atomic mass is 16.5. The van der Waals surface area contributed by atoms with E-state index in [1.54, 1.807) is 13.3 Å². The van der Waals surface area contributed by atoms with Gasteiger partial charge in [-0.15, -0.1) is 0 Å². The summed E-state index contributed by atoms with van der Waals surface area (Å²) in [6.07, 6.45) is 1.76. The number of nitrogens with zero attached hydrogens (tertiary/aromatic N) is 2. The molecular formula is C16H23N3O2. The van der Waals surface area contributed by atoms with Gasteiger partial charge in [0.1, 0.15) is 11.4 Å². The molecule has 1 N–H and O–H groups in total. The lowest BCUT2D eigenvalue weighted by Crippen LogP contribution is -2.22. The van der Waals surface area contributed by atoms with E-state index in [9.17, 15) is 0 Å². The van der Waals surface area contributed by atoms with Crippen molar-refractivity contribution in [1.29, 1.82) is 0 Å². The molecule has 114 valence electrons. The van der Waals surface area contributed by atoms with Crippen molar-refractivity contribution in [3.05, 3.63) is 41.7 Å². The summed E-state index contributed by atoms with van der Waals surface area (Å²) in [5, 5.41) is 7.73. The van der Waals surface area contributed by atoms with Gasteiger partial charge in [0.15, 0.2) is 5.75 Å². The lowest BCUT2D eigenvalue weighted by atomic mass is 10.0. The molecule has 1 aromatic heterocycles. The SMILES string of the molecule is CCOc1ccccc1C(NC)c1c(OC)cnn1CC. The van der Waals surface area contributed by atoms with Gasteiger partial charge in [0.2, 0.25) is 0 Å². The number of nitrogens with one attached hydrogen (secondary N) is 1. The van der Waals surface area contributed by atoms with E-state index >= 15 is 0 Å². The van der Waals surface area contributed by atoms with Gasteiger partial charge in [-0.25, -0.2) is 0 Å². The molecule has 1 atom stereocenters. The van der Waals surface area contributed by atoms with Crippen molar-refractivity contribution >= 4 is 0 Å². The standard InChI is InChI=1S/C16H23N3O2/c1-5-19-16(14(20-4)11-18-19)15(17-3)12-9-7-8-10-13(12)21-6-2/h7-11,15,17H,5-6H2,1-4H3. The van der Waals surface area contributed by atoms with Crippen LogP contribution in [0.5, 0.6) is 11.5 Å². The molecule has 2 aromatic rings. The first-order valence-corrected chi connectivity index (χ1v) is 7.25. The summed E-state index contributed by atoms with van der Waals surface area (Å²) in [7, 11) is 3.60. The summed E-state index contributed by atoms with van der Waals surface area (Å²) in [6, 6.07) is 8.02. The summed E-state index contributed by atoms with van der Waals surface area (Å²) >= 11 is 0. The lowest BCUT2D eigenvalue weighted by molar-refractivity contribution is 0.332. The van der Waals surface area contributed by atoms with Gasteiger partial charge < -0.3 is 14.8 Å². The molecule has 0 fully saturated rings. The van der Waals surface area contributed by atoms with E-state index in [1.165, 1.54) is 0 Å². The van der Waals surface area contributed by atoms with Crippen LogP contribution in [0.1, 0.15) is 31.1 Å². The van der Waals surface area contributed by atoms with Crippen molar-refractivity contribution < 1.29 is 9.47 Å². The van der Waals surface area contributed by atoms with Gasteiger partial charge in [0.25, 0.3) is 0 Å². The minimum Gasteiger partial charge on any atom is -0.494 e. The van der Waals surface area contributed by atoms with Crippen LogP contribution in [-0.2, 0) is 6.54 Å². The topological polar surface area (TPSA) is 48.3 Å². The van der Waals surface area contributed by atoms with Gasteiger partial charge in [-0.2, -0.15) is 5.10 Å². The number of ether oxygens (including phenoxy) is 2. The Kier molecular flexibility index (Phi) is 5.22. The number of aryl methyl sites for hydroxylation is 1. The van der Waals surface area contributed by atoms with E-state index in [0.717, 1.165) is 29.3 Å². The second-order valence-electron chi connectivity index (χ2n) is 4.61. The second-order valence-corrected chi connectivity index (χ2v) is 4.61. The van der Waals surface area contributed by atoms with Crippen LogP contribution in [0.25, 0.3) is 0 Å². The largest absolute Gasteiger partial charge is 0.494 e. The molecule has 2 rings (SSSR count). The van der Waals surface area contributed by atoms with E-state index in [4.69, 9.17) is 9.47 Å². The molecule has 0 saturated heterocycles. The highest BCUT2D eigenvalue weighted by Crippen LogP contribution is 2.34. The van der Waals surface area contributed by atoms with Crippen molar-refractivity contribution in [2.45, 2.75) is 26.4 Å². The van der Waals surface area contributed by atoms with Crippen LogP contribution >= 0.6 is 0 Å². The zero-order valence-electron chi connectivity index (χ0n) is 13.1. The summed E-state index contributed by atoms with van der Waals surface area (Å²) in [6.45, 7) is 5.48. The maximum Gasteiger partial charge on any atom is 0.161 e. The van der Waals surface area contributed by atoms with Crippen LogP contribution in [0, 0.1) is 0 Å². The molecule has 1 unspecified atom stereocenters. The van der Waals surface area contributed by atoms with Crippen molar-refractivity contribution in [3.8, 4) is 11.5 Å². The Bertz CT molecular complexity index is 559. The van der Waals surface area contributed by atoms with Gasteiger partial charge in [-0.05, 0) is 27.0 Å². The van der Waals surface area contributed by atoms with E-state index in [1.807, 2.05) is 36.9 Å². The number of aromatic nitrogens is 2. The van der Waals surface area contributed by atoms with Crippen LogP contribution in [0.3, 0.4) is 0 Å². The number of methoxy groups -OCH3 is 1. The summed E-state index contributed by atoms with van der Waals surface area (Å²) in [4.78, 5) is 0. The molecule has 0 spiro atoms. The van der Waals surface area contributed by atoms with E-state index in [2.05, 4.69) is 23.4 Å². The zero-order valence-corrected chi connectivity index (χ0v) is 13.1. The maximum atomic E-state index is 5.75. The second kappa shape index (κ2) is 7.13. The molecule has 0 radical (unpaired) electrons. The van der Waals surface area contributed by atoms with Gasteiger partial charge >= 0.3 is 0 Å². The molecule has 0 bridgehead atoms. The predicted molar refractivity (Wildman–Crippen MR) is 83.0 cm³/mol. The molecule has 5 nitrogen and oxygen atoms in total. The fraction of sp³-hybridized carbons (Fsp3) is 0.438. The Morgan fingerprint density at radius 1 is 1.24 bits per heavy atom. The van der Waals surface area contributed by atoms with Crippen LogP contribution < -0.4 is 14.8 Å². The van der Waals surface area contributed by atoms with E-state index in [0.29, 0.717) is 6.61 Å². The molecule has 0 saturated carbocycles. The predicted octanol–water partition coefficient (Wildman–Crippen LogP) is 2.62. The Labute approximate surface area is 125 Å². The van der Waals surface area contributed by atoms with E-state index < -0.39 is 0 Å². The van der Waals surface area contributed by atoms with Crippen molar-refractivity contribution in [3.63, 3.8) is 0 Å². The quantitative estimate of drug-likeness (QED) is 0.851.